The van der Waals surface area contributed by atoms with E-state index in [0.717, 1.165) is 60.3 Å². The molecule has 0 aliphatic rings. The van der Waals surface area contributed by atoms with Crippen molar-refractivity contribution in [3.63, 3.8) is 0 Å². The van der Waals surface area contributed by atoms with Crippen LogP contribution in [-0.4, -0.2) is 4.98 Å². The van der Waals surface area contributed by atoms with Crippen LogP contribution < -0.4 is 15.9 Å². The van der Waals surface area contributed by atoms with Crippen molar-refractivity contribution in [1.82, 2.24) is 4.98 Å². The molecule has 10 aromatic rings. The number of hydrogen-bond donors (Lipinski definition) is 0. The van der Waals surface area contributed by atoms with Crippen molar-refractivity contribution in [2.75, 3.05) is 0 Å². The second kappa shape index (κ2) is 13.8. The van der Waals surface area contributed by atoms with Crippen molar-refractivity contribution < 1.29 is 4.57 Å². The molecule has 0 aliphatic heterocycles. The standard InChI is InChI=1S/C51H34NOPS/c53-54(41-23-6-2-7-24-41,42-25-8-3-9-26-42)43-27-14-20-38(34-43)37-19-13-22-40(33-37)49-51-48(45-28-10-11-31-47(45)55-51)46-30-15-29-44(50(46)52-49)39-21-12-18-36(32-39)35-16-4-1-5-17-35/h1-34H. The minimum absolute atomic E-state index is 0.811. The van der Waals surface area contributed by atoms with E-state index < -0.39 is 7.14 Å². The third kappa shape index (κ3) is 5.81. The average molecular weight is 740 g/mol. The zero-order valence-corrected chi connectivity index (χ0v) is 31.6. The summed E-state index contributed by atoms with van der Waals surface area (Å²) in [4.78, 5) is 5.58. The predicted octanol–water partition coefficient (Wildman–Crippen LogP) is 12.9. The minimum Gasteiger partial charge on any atom is -0.309 e. The number of fused-ring (bicyclic) bond motifs is 5. The van der Waals surface area contributed by atoms with Crippen LogP contribution in [0.3, 0.4) is 0 Å². The van der Waals surface area contributed by atoms with Crippen molar-refractivity contribution >= 4 is 65.5 Å². The molecule has 0 fully saturated rings. The van der Waals surface area contributed by atoms with Crippen LogP contribution in [0.2, 0.25) is 0 Å². The van der Waals surface area contributed by atoms with Crippen molar-refractivity contribution in [2.45, 2.75) is 0 Å². The van der Waals surface area contributed by atoms with Gasteiger partial charge in [-0.25, -0.2) is 4.98 Å². The van der Waals surface area contributed by atoms with Crippen molar-refractivity contribution in [2.24, 2.45) is 0 Å². The van der Waals surface area contributed by atoms with Gasteiger partial charge in [0.15, 0.2) is 7.14 Å². The maximum absolute atomic E-state index is 15.3. The zero-order chi connectivity index (χ0) is 36.8. The molecule has 8 aromatic carbocycles. The fraction of sp³-hybridized carbons (Fsp3) is 0. The van der Waals surface area contributed by atoms with Crippen molar-refractivity contribution in [3.8, 4) is 44.6 Å². The highest BCUT2D eigenvalue weighted by Gasteiger charge is 2.30. The lowest BCUT2D eigenvalue weighted by molar-refractivity contribution is 0.592. The average Bonchev–Trinajstić information content (AvgIpc) is 3.67. The second-order valence-electron chi connectivity index (χ2n) is 13.8. The second-order valence-corrected chi connectivity index (χ2v) is 17.6. The maximum Gasteiger partial charge on any atom is 0.171 e. The molecule has 0 saturated heterocycles. The van der Waals surface area contributed by atoms with E-state index >= 15 is 4.57 Å². The van der Waals surface area contributed by atoms with Gasteiger partial charge in [-0.2, -0.15) is 0 Å². The molecule has 10 rings (SSSR count). The number of pyridine rings is 1. The molecule has 2 heterocycles. The summed E-state index contributed by atoms with van der Waals surface area (Å²) in [6, 6.07) is 71.3. The first kappa shape index (κ1) is 33.2. The fourth-order valence-electron chi connectivity index (χ4n) is 7.88. The Kier molecular flexibility index (Phi) is 8.33. The first-order valence-electron chi connectivity index (χ1n) is 18.5. The lowest BCUT2D eigenvalue weighted by atomic mass is 9.95. The highest BCUT2D eigenvalue weighted by molar-refractivity contribution is 7.85. The van der Waals surface area contributed by atoms with Gasteiger partial charge in [-0.05, 0) is 52.1 Å². The Bertz CT molecular complexity index is 3020. The number of thiophene rings is 1. The molecule has 0 N–H and O–H groups in total. The largest absolute Gasteiger partial charge is 0.309 e. The fourth-order valence-corrected chi connectivity index (χ4v) is 11.8. The Morgan fingerprint density at radius 2 is 0.891 bits per heavy atom. The van der Waals surface area contributed by atoms with Crippen LogP contribution >= 0.6 is 18.5 Å². The zero-order valence-electron chi connectivity index (χ0n) is 29.8. The van der Waals surface area contributed by atoms with Gasteiger partial charge in [0.1, 0.15) is 0 Å². The Labute approximate surface area is 324 Å². The normalized spacial score (nSPS) is 11.7. The van der Waals surface area contributed by atoms with Crippen molar-refractivity contribution in [3.05, 3.63) is 206 Å². The third-order valence-corrected chi connectivity index (χ3v) is 14.8. The van der Waals surface area contributed by atoms with Gasteiger partial charge in [0.05, 0.1) is 15.9 Å². The van der Waals surface area contributed by atoms with Gasteiger partial charge in [-0.3, -0.25) is 0 Å². The summed E-state index contributed by atoms with van der Waals surface area (Å²) in [6.07, 6.45) is 0. The summed E-state index contributed by atoms with van der Waals surface area (Å²) in [5.74, 6) is 0. The molecule has 260 valence electrons. The van der Waals surface area contributed by atoms with Gasteiger partial charge in [0, 0.05) is 47.9 Å². The summed E-state index contributed by atoms with van der Waals surface area (Å²) < 4.78 is 17.7. The summed E-state index contributed by atoms with van der Waals surface area (Å²) >= 11 is 1.80. The van der Waals surface area contributed by atoms with Crippen LogP contribution in [0.15, 0.2) is 206 Å². The van der Waals surface area contributed by atoms with E-state index in [9.17, 15) is 0 Å². The highest BCUT2D eigenvalue weighted by Crippen LogP contribution is 2.46. The first-order valence-corrected chi connectivity index (χ1v) is 21.0. The number of benzene rings is 8. The molecular weight excluding hydrogens is 706 g/mol. The Morgan fingerprint density at radius 1 is 0.400 bits per heavy atom. The van der Waals surface area contributed by atoms with E-state index in [0.29, 0.717) is 0 Å². The van der Waals surface area contributed by atoms with E-state index in [2.05, 4.69) is 133 Å². The van der Waals surface area contributed by atoms with Crippen LogP contribution in [0.1, 0.15) is 0 Å². The summed E-state index contributed by atoms with van der Waals surface area (Å²) in [5, 5.41) is 6.09. The molecule has 0 spiro atoms. The Morgan fingerprint density at radius 3 is 1.62 bits per heavy atom. The van der Waals surface area contributed by atoms with Crippen LogP contribution in [-0.2, 0) is 4.57 Å². The van der Waals surface area contributed by atoms with Gasteiger partial charge in [0.25, 0.3) is 0 Å². The molecule has 0 radical (unpaired) electrons. The van der Waals surface area contributed by atoms with E-state index in [4.69, 9.17) is 4.98 Å². The number of rotatable bonds is 7. The maximum atomic E-state index is 15.3. The van der Waals surface area contributed by atoms with Crippen LogP contribution in [0.25, 0.3) is 75.7 Å². The number of para-hydroxylation sites is 1. The molecular formula is C51H34NOPS. The first-order chi connectivity index (χ1) is 27.1. The molecule has 0 amide bonds. The monoisotopic (exact) mass is 739 g/mol. The van der Waals surface area contributed by atoms with Crippen LogP contribution in [0.4, 0.5) is 0 Å². The van der Waals surface area contributed by atoms with E-state index in [1.165, 1.54) is 31.3 Å². The molecule has 0 atom stereocenters. The summed E-state index contributed by atoms with van der Waals surface area (Å²) in [7, 11) is -3.14. The van der Waals surface area contributed by atoms with Crippen LogP contribution in [0.5, 0.6) is 0 Å². The molecule has 2 nitrogen and oxygen atoms in total. The van der Waals surface area contributed by atoms with Gasteiger partial charge < -0.3 is 4.57 Å². The van der Waals surface area contributed by atoms with Crippen LogP contribution in [0, 0.1) is 0 Å². The number of nitrogens with zero attached hydrogens (tertiary/aromatic N) is 1. The smallest absolute Gasteiger partial charge is 0.171 e. The lowest BCUT2D eigenvalue weighted by Crippen LogP contribution is -2.25. The van der Waals surface area contributed by atoms with E-state index in [1.807, 2.05) is 72.8 Å². The Balaban J connectivity index is 1.16. The third-order valence-electron chi connectivity index (χ3n) is 10.5. The Hall–Kier alpha value is -6.38. The van der Waals surface area contributed by atoms with Gasteiger partial charge in [-0.15, -0.1) is 11.3 Å². The molecule has 0 bridgehead atoms. The van der Waals surface area contributed by atoms with E-state index in [1.54, 1.807) is 11.3 Å². The molecule has 0 aliphatic carbocycles. The van der Waals surface area contributed by atoms with E-state index in [-0.39, 0.29) is 0 Å². The summed E-state index contributed by atoms with van der Waals surface area (Å²) in [5.41, 5.74) is 9.66. The highest BCUT2D eigenvalue weighted by atomic mass is 32.1. The van der Waals surface area contributed by atoms with Gasteiger partial charge in [-0.1, -0.05) is 182 Å². The van der Waals surface area contributed by atoms with Crippen molar-refractivity contribution in [1.29, 1.82) is 0 Å². The predicted molar refractivity (Wildman–Crippen MR) is 236 cm³/mol. The number of hydrogen-bond acceptors (Lipinski definition) is 3. The molecule has 0 unspecified atom stereocenters. The summed E-state index contributed by atoms with van der Waals surface area (Å²) in [6.45, 7) is 0. The quantitative estimate of drug-likeness (QED) is 0.152. The molecule has 0 saturated carbocycles. The SMILES string of the molecule is O=P(c1ccccc1)(c1ccccc1)c1cccc(-c2cccc(-c3nc4c(-c5cccc(-c6ccccc6)c5)cccc4c4c3sc3ccccc34)c2)c1. The minimum atomic E-state index is -3.14. The van der Waals surface area contributed by atoms with Gasteiger partial charge >= 0.3 is 0 Å². The topological polar surface area (TPSA) is 30.0 Å². The number of aromatic nitrogens is 1. The molecule has 2 aromatic heterocycles. The van der Waals surface area contributed by atoms with Gasteiger partial charge in [0.2, 0.25) is 0 Å². The molecule has 4 heteroatoms. The lowest BCUT2D eigenvalue weighted by Gasteiger charge is -2.20. The molecule has 55 heavy (non-hydrogen) atoms.